The van der Waals surface area contributed by atoms with Gasteiger partial charge in [-0.1, -0.05) is 0 Å². The van der Waals surface area contributed by atoms with Crippen LogP contribution in [0, 0.1) is 0 Å². The van der Waals surface area contributed by atoms with Gasteiger partial charge in [-0.25, -0.2) is 9.18 Å². The first-order valence-electron chi connectivity index (χ1n) is 4.72. The van der Waals surface area contributed by atoms with Crippen molar-refractivity contribution in [3.63, 3.8) is 0 Å². The molecule has 0 bridgehead atoms. The second-order valence-corrected chi connectivity index (χ2v) is 3.76. The molecule has 1 rings (SSSR count). The van der Waals surface area contributed by atoms with E-state index in [1.807, 2.05) is 0 Å². The van der Waals surface area contributed by atoms with Gasteiger partial charge in [0.2, 0.25) is 11.6 Å². The summed E-state index contributed by atoms with van der Waals surface area (Å²) >= 11 is 0. The van der Waals surface area contributed by atoms with Crippen molar-refractivity contribution in [2.75, 3.05) is 20.2 Å². The van der Waals surface area contributed by atoms with Gasteiger partial charge in [-0.3, -0.25) is 4.79 Å². The van der Waals surface area contributed by atoms with Crippen LogP contribution in [-0.2, 0) is 14.3 Å². The van der Waals surface area contributed by atoms with Crippen LogP contribution in [0.4, 0.5) is 4.39 Å². The highest BCUT2D eigenvalue weighted by Gasteiger charge is 2.47. The second-order valence-electron chi connectivity index (χ2n) is 3.76. The molecule has 1 aliphatic heterocycles. The van der Waals surface area contributed by atoms with Gasteiger partial charge in [0.15, 0.2) is 0 Å². The van der Waals surface area contributed by atoms with Crippen molar-refractivity contribution >= 4 is 24.3 Å². The van der Waals surface area contributed by atoms with E-state index in [1.165, 1.54) is 11.8 Å². The van der Waals surface area contributed by atoms with Crippen LogP contribution in [-0.4, -0.2) is 48.7 Å². The third-order valence-corrected chi connectivity index (χ3v) is 2.47. The number of hydrogen-bond donors (Lipinski definition) is 1. The third-order valence-electron chi connectivity index (χ3n) is 2.47. The first-order valence-corrected chi connectivity index (χ1v) is 4.72. The summed E-state index contributed by atoms with van der Waals surface area (Å²) in [5.74, 6) is -1.28. The van der Waals surface area contributed by atoms with Crippen molar-refractivity contribution < 1.29 is 18.7 Å². The maximum atomic E-state index is 13.9. The van der Waals surface area contributed by atoms with E-state index in [0.29, 0.717) is 0 Å². The Kier molecular flexibility index (Phi) is 5.15. The van der Waals surface area contributed by atoms with E-state index in [9.17, 15) is 14.0 Å². The Balaban J connectivity index is 0.00000225. The average Bonchev–Trinajstić information content (AvgIpc) is 2.59. The molecule has 16 heavy (non-hydrogen) atoms. The fourth-order valence-electron chi connectivity index (χ4n) is 1.60. The van der Waals surface area contributed by atoms with E-state index in [1.54, 1.807) is 0 Å². The number of methoxy groups -OCH3 is 1. The summed E-state index contributed by atoms with van der Waals surface area (Å²) in [6.45, 7) is 1.46. The number of carbonyl (C=O) groups excluding carboxylic acids is 2. The lowest BCUT2D eigenvalue weighted by molar-refractivity contribution is -0.154. The summed E-state index contributed by atoms with van der Waals surface area (Å²) in [6, 6.07) is -0.676. The first kappa shape index (κ1) is 15.1. The molecule has 1 fully saturated rings. The fraction of sp³-hybridized carbons (Fsp3) is 0.778. The van der Waals surface area contributed by atoms with E-state index in [0.717, 1.165) is 7.11 Å². The smallest absolute Gasteiger partial charge is 0.345 e. The number of nitrogens with two attached hydrogens (primary N) is 1. The minimum atomic E-state index is -2.07. The number of alkyl halides is 1. The zero-order valence-corrected chi connectivity index (χ0v) is 10.1. The molecule has 0 spiro atoms. The molecule has 0 aliphatic carbocycles. The van der Waals surface area contributed by atoms with Gasteiger partial charge in [0.25, 0.3) is 0 Å². The van der Waals surface area contributed by atoms with Crippen LogP contribution in [0.1, 0.15) is 13.3 Å². The van der Waals surface area contributed by atoms with Gasteiger partial charge in [0.1, 0.15) is 0 Å². The molecule has 2 unspecified atom stereocenters. The highest BCUT2D eigenvalue weighted by atomic mass is 35.5. The molecule has 5 nitrogen and oxygen atoms in total. The van der Waals surface area contributed by atoms with Gasteiger partial charge in [-0.2, -0.15) is 0 Å². The lowest BCUT2D eigenvalue weighted by Crippen LogP contribution is -2.44. The predicted octanol–water partition coefficient (Wildman–Crippen LogP) is -0.131. The van der Waals surface area contributed by atoms with Gasteiger partial charge in [-0.15, -0.1) is 12.4 Å². The Bertz CT molecular complexity index is 288. The predicted molar refractivity (Wildman–Crippen MR) is 57.9 cm³/mol. The average molecular weight is 255 g/mol. The largest absolute Gasteiger partial charge is 0.467 e. The Labute approximate surface area is 99.5 Å². The monoisotopic (exact) mass is 254 g/mol. The third kappa shape index (κ3) is 2.82. The number of amides is 1. The SMILES string of the molecule is COC(=O)C1(F)CCN(C(=O)C(C)N)C1.Cl. The molecule has 1 saturated heterocycles. The van der Waals surface area contributed by atoms with E-state index in [4.69, 9.17) is 5.73 Å². The molecule has 0 saturated carbocycles. The highest BCUT2D eigenvalue weighted by Crippen LogP contribution is 2.27. The summed E-state index contributed by atoms with van der Waals surface area (Å²) in [4.78, 5) is 23.8. The van der Waals surface area contributed by atoms with Crippen LogP contribution in [0.3, 0.4) is 0 Å². The number of carbonyl (C=O) groups is 2. The Morgan fingerprint density at radius 3 is 2.56 bits per heavy atom. The summed E-state index contributed by atoms with van der Waals surface area (Å²) < 4.78 is 18.2. The van der Waals surface area contributed by atoms with Gasteiger partial charge < -0.3 is 15.4 Å². The van der Waals surface area contributed by atoms with E-state index in [2.05, 4.69) is 4.74 Å². The number of hydrogen-bond acceptors (Lipinski definition) is 4. The van der Waals surface area contributed by atoms with Crippen LogP contribution in [0.15, 0.2) is 0 Å². The molecule has 2 N–H and O–H groups in total. The second kappa shape index (κ2) is 5.45. The summed E-state index contributed by atoms with van der Waals surface area (Å²) in [6.07, 6.45) is -0.0296. The molecule has 2 atom stereocenters. The van der Waals surface area contributed by atoms with Crippen molar-refractivity contribution in [3.05, 3.63) is 0 Å². The number of esters is 1. The lowest BCUT2D eigenvalue weighted by atomic mass is 10.1. The van der Waals surface area contributed by atoms with Crippen LogP contribution in [0.5, 0.6) is 0 Å². The topological polar surface area (TPSA) is 72.6 Å². The normalized spacial score (nSPS) is 25.9. The molecular weight excluding hydrogens is 239 g/mol. The Morgan fingerprint density at radius 1 is 1.56 bits per heavy atom. The number of ether oxygens (including phenoxy) is 1. The zero-order valence-electron chi connectivity index (χ0n) is 9.23. The molecule has 1 heterocycles. The van der Waals surface area contributed by atoms with Crippen LogP contribution < -0.4 is 5.73 Å². The van der Waals surface area contributed by atoms with Crippen LogP contribution in [0.25, 0.3) is 0 Å². The van der Waals surface area contributed by atoms with Gasteiger partial charge in [0.05, 0.1) is 19.7 Å². The highest BCUT2D eigenvalue weighted by molar-refractivity contribution is 5.85. The van der Waals surface area contributed by atoms with Crippen molar-refractivity contribution in [2.24, 2.45) is 5.73 Å². The lowest BCUT2D eigenvalue weighted by Gasteiger charge is -2.20. The van der Waals surface area contributed by atoms with E-state index in [-0.39, 0.29) is 37.8 Å². The molecular formula is C9H16ClFN2O3. The zero-order chi connectivity index (χ0) is 11.6. The van der Waals surface area contributed by atoms with E-state index >= 15 is 0 Å². The molecule has 1 aliphatic rings. The number of halogens is 2. The van der Waals surface area contributed by atoms with Gasteiger partial charge in [0, 0.05) is 13.0 Å². The van der Waals surface area contributed by atoms with Crippen molar-refractivity contribution in [3.8, 4) is 0 Å². The van der Waals surface area contributed by atoms with E-state index < -0.39 is 17.7 Å². The number of nitrogens with zero attached hydrogens (tertiary/aromatic N) is 1. The molecule has 7 heteroatoms. The summed E-state index contributed by atoms with van der Waals surface area (Å²) in [5.41, 5.74) is 3.31. The van der Waals surface area contributed by atoms with Crippen LogP contribution >= 0.6 is 12.4 Å². The minimum absolute atomic E-state index is 0. The van der Waals surface area contributed by atoms with Crippen molar-refractivity contribution in [1.29, 1.82) is 0 Å². The molecule has 94 valence electrons. The fourth-order valence-corrected chi connectivity index (χ4v) is 1.60. The molecule has 0 aromatic heterocycles. The summed E-state index contributed by atoms with van der Waals surface area (Å²) in [7, 11) is 1.12. The maximum absolute atomic E-state index is 13.9. The van der Waals surface area contributed by atoms with Gasteiger partial charge in [-0.05, 0) is 6.92 Å². The standard InChI is InChI=1S/C9H15FN2O3.ClH/c1-6(11)7(13)12-4-3-9(10,5-12)8(14)15-2;/h6H,3-5,11H2,1-2H3;1H. The van der Waals surface area contributed by atoms with Crippen LogP contribution in [0.2, 0.25) is 0 Å². The van der Waals surface area contributed by atoms with Crippen molar-refractivity contribution in [2.45, 2.75) is 25.1 Å². The Hall–Kier alpha value is -0.880. The quantitative estimate of drug-likeness (QED) is 0.697. The number of rotatable bonds is 2. The number of likely N-dealkylation sites (tertiary alicyclic amines) is 1. The Morgan fingerprint density at radius 2 is 2.12 bits per heavy atom. The summed E-state index contributed by atoms with van der Waals surface area (Å²) in [5, 5.41) is 0. The maximum Gasteiger partial charge on any atom is 0.345 e. The van der Waals surface area contributed by atoms with Gasteiger partial charge >= 0.3 is 5.97 Å². The minimum Gasteiger partial charge on any atom is -0.467 e. The van der Waals surface area contributed by atoms with Crippen molar-refractivity contribution in [1.82, 2.24) is 4.90 Å². The molecule has 0 radical (unpaired) electrons. The molecule has 0 aromatic carbocycles. The molecule has 0 aromatic rings. The first-order chi connectivity index (χ1) is 6.90. The molecule has 1 amide bonds.